The molecule has 1 saturated heterocycles. The molecule has 0 unspecified atom stereocenters. The third kappa shape index (κ3) is 4.14. The molecule has 1 N–H and O–H groups in total. The van der Waals surface area contributed by atoms with Crippen LogP contribution in [0.1, 0.15) is 21.1 Å². The number of oxazole rings is 1. The molecule has 1 fully saturated rings. The lowest BCUT2D eigenvalue weighted by Gasteiger charge is -2.31. The predicted octanol–water partition coefficient (Wildman–Crippen LogP) is 3.11. The number of carbonyl (C=O) groups excluding carboxylic acids is 1. The molecule has 28 heavy (non-hydrogen) atoms. The Morgan fingerprint density at radius 3 is 2.86 bits per heavy atom. The summed E-state index contributed by atoms with van der Waals surface area (Å²) in [5.41, 5.74) is 2.95. The number of amides is 1. The van der Waals surface area contributed by atoms with Gasteiger partial charge in [-0.1, -0.05) is 6.07 Å². The fourth-order valence-corrected chi connectivity index (χ4v) is 4.05. The quantitative estimate of drug-likeness (QED) is 0.713. The van der Waals surface area contributed by atoms with Crippen molar-refractivity contribution in [1.29, 1.82) is 0 Å². The summed E-state index contributed by atoms with van der Waals surface area (Å²) < 4.78 is 5.38. The molecule has 3 aromatic rings. The predicted molar refractivity (Wildman–Crippen MR) is 110 cm³/mol. The van der Waals surface area contributed by atoms with Crippen LogP contribution in [0.3, 0.4) is 0 Å². The first-order chi connectivity index (χ1) is 13.6. The van der Waals surface area contributed by atoms with Gasteiger partial charge in [0.2, 0.25) is 5.89 Å². The molecule has 3 heterocycles. The van der Waals surface area contributed by atoms with Crippen LogP contribution in [-0.2, 0) is 6.54 Å². The summed E-state index contributed by atoms with van der Waals surface area (Å²) in [6.07, 6.45) is 3.15. The number of carbonyl (C=O) groups is 1. The summed E-state index contributed by atoms with van der Waals surface area (Å²) in [5, 5.41) is 5.77. The van der Waals surface area contributed by atoms with E-state index in [9.17, 15) is 4.79 Å². The van der Waals surface area contributed by atoms with E-state index >= 15 is 0 Å². The summed E-state index contributed by atoms with van der Waals surface area (Å²) in [6.45, 7) is 6.94. The lowest BCUT2D eigenvalue weighted by atomic mass is 10.1. The molecule has 0 bridgehead atoms. The van der Waals surface area contributed by atoms with Gasteiger partial charge < -0.3 is 14.6 Å². The van der Waals surface area contributed by atoms with Crippen LogP contribution in [0, 0.1) is 6.92 Å². The van der Waals surface area contributed by atoms with Gasteiger partial charge >= 0.3 is 0 Å². The van der Waals surface area contributed by atoms with Gasteiger partial charge in [0.1, 0.15) is 17.0 Å². The molecule has 1 aliphatic heterocycles. The van der Waals surface area contributed by atoms with Crippen LogP contribution in [0.2, 0.25) is 0 Å². The number of hydrogen-bond donors (Lipinski definition) is 1. The molecule has 7 nitrogen and oxygen atoms in total. The first kappa shape index (κ1) is 18.8. The van der Waals surface area contributed by atoms with E-state index in [4.69, 9.17) is 4.42 Å². The normalized spacial score (nSPS) is 15.6. The Kier molecular flexibility index (Phi) is 5.52. The standard InChI is InChI=1S/C20H23N5O2S/c1-14-15(20-21-6-11-27-20)4-3-5-16(14)23-19(26)17-13-28-18(22-17)12-25-9-7-24(2)8-10-25/h3-6,11,13H,7-10,12H2,1-2H3,(H,23,26). The van der Waals surface area contributed by atoms with Crippen LogP contribution in [0.25, 0.3) is 11.5 Å². The number of piperazine rings is 1. The SMILES string of the molecule is Cc1c(NC(=O)c2csc(CN3CCN(C)CC3)n2)cccc1-c1ncco1. The Hall–Kier alpha value is -2.55. The van der Waals surface area contributed by atoms with E-state index in [2.05, 4.69) is 32.1 Å². The van der Waals surface area contributed by atoms with Gasteiger partial charge in [-0.3, -0.25) is 9.69 Å². The lowest BCUT2D eigenvalue weighted by molar-refractivity contribution is 0.102. The molecule has 0 aliphatic carbocycles. The Morgan fingerprint density at radius 2 is 2.11 bits per heavy atom. The summed E-state index contributed by atoms with van der Waals surface area (Å²) in [4.78, 5) is 26.1. The van der Waals surface area contributed by atoms with Crippen molar-refractivity contribution < 1.29 is 9.21 Å². The monoisotopic (exact) mass is 397 g/mol. The highest BCUT2D eigenvalue weighted by Crippen LogP contribution is 2.27. The van der Waals surface area contributed by atoms with Gasteiger partial charge in [-0.15, -0.1) is 11.3 Å². The van der Waals surface area contributed by atoms with Gasteiger partial charge in [0.15, 0.2) is 0 Å². The number of nitrogens with one attached hydrogen (secondary N) is 1. The third-order valence-electron chi connectivity index (χ3n) is 4.98. The third-order valence-corrected chi connectivity index (χ3v) is 5.82. The van der Waals surface area contributed by atoms with Crippen molar-refractivity contribution in [2.24, 2.45) is 0 Å². The fourth-order valence-electron chi connectivity index (χ4n) is 3.23. The minimum absolute atomic E-state index is 0.200. The molecule has 0 radical (unpaired) electrons. The molecule has 2 aromatic heterocycles. The van der Waals surface area contributed by atoms with Crippen LogP contribution < -0.4 is 5.32 Å². The zero-order valence-corrected chi connectivity index (χ0v) is 16.8. The Labute approximate surface area is 168 Å². The molecular formula is C20H23N5O2S. The van der Waals surface area contributed by atoms with E-state index in [1.54, 1.807) is 6.20 Å². The molecule has 4 rings (SSSR count). The zero-order valence-electron chi connectivity index (χ0n) is 16.0. The molecule has 0 spiro atoms. The number of thiazole rings is 1. The van der Waals surface area contributed by atoms with Gasteiger partial charge in [0.05, 0.1) is 12.7 Å². The molecule has 1 amide bonds. The van der Waals surface area contributed by atoms with Crippen LogP contribution in [0.5, 0.6) is 0 Å². The largest absolute Gasteiger partial charge is 0.445 e. The van der Waals surface area contributed by atoms with Crippen molar-refractivity contribution in [3.8, 4) is 11.5 Å². The van der Waals surface area contributed by atoms with Gasteiger partial charge in [-0.05, 0) is 31.7 Å². The van der Waals surface area contributed by atoms with Crippen molar-refractivity contribution >= 4 is 22.9 Å². The smallest absolute Gasteiger partial charge is 0.275 e. The van der Waals surface area contributed by atoms with E-state index in [1.165, 1.54) is 17.6 Å². The molecular weight excluding hydrogens is 374 g/mol. The Bertz CT molecular complexity index is 945. The second-order valence-corrected chi connectivity index (χ2v) is 7.92. The molecule has 8 heteroatoms. The van der Waals surface area contributed by atoms with Crippen molar-refractivity contribution in [2.45, 2.75) is 13.5 Å². The number of benzene rings is 1. The van der Waals surface area contributed by atoms with Gasteiger partial charge in [-0.2, -0.15) is 0 Å². The molecule has 0 saturated carbocycles. The number of likely N-dealkylation sites (N-methyl/N-ethyl adjacent to an activating group) is 1. The maximum absolute atomic E-state index is 12.7. The maximum Gasteiger partial charge on any atom is 0.275 e. The summed E-state index contributed by atoms with van der Waals surface area (Å²) >= 11 is 1.54. The second kappa shape index (κ2) is 8.22. The minimum atomic E-state index is -0.200. The van der Waals surface area contributed by atoms with Gasteiger partial charge in [-0.25, -0.2) is 9.97 Å². The lowest BCUT2D eigenvalue weighted by Crippen LogP contribution is -2.43. The van der Waals surface area contributed by atoms with E-state index in [1.807, 2.05) is 30.5 Å². The van der Waals surface area contributed by atoms with E-state index in [0.717, 1.165) is 54.5 Å². The number of anilines is 1. The highest BCUT2D eigenvalue weighted by Gasteiger charge is 2.18. The Balaban J connectivity index is 1.43. The highest BCUT2D eigenvalue weighted by atomic mass is 32.1. The van der Waals surface area contributed by atoms with Gasteiger partial charge in [0.25, 0.3) is 5.91 Å². The zero-order chi connectivity index (χ0) is 19.5. The first-order valence-corrected chi connectivity index (χ1v) is 10.1. The van der Waals surface area contributed by atoms with Crippen LogP contribution >= 0.6 is 11.3 Å². The molecule has 0 atom stereocenters. The summed E-state index contributed by atoms with van der Waals surface area (Å²) in [7, 11) is 2.14. The Morgan fingerprint density at radius 1 is 1.29 bits per heavy atom. The van der Waals surface area contributed by atoms with Crippen LogP contribution in [-0.4, -0.2) is 58.9 Å². The number of nitrogens with zero attached hydrogens (tertiary/aromatic N) is 4. The second-order valence-electron chi connectivity index (χ2n) is 6.98. The number of aromatic nitrogens is 2. The minimum Gasteiger partial charge on any atom is -0.445 e. The van der Waals surface area contributed by atoms with Crippen LogP contribution in [0.4, 0.5) is 5.69 Å². The topological polar surface area (TPSA) is 74.5 Å². The van der Waals surface area contributed by atoms with E-state index < -0.39 is 0 Å². The van der Waals surface area contributed by atoms with Crippen molar-refractivity contribution in [3.63, 3.8) is 0 Å². The highest BCUT2D eigenvalue weighted by molar-refractivity contribution is 7.09. The number of hydrogen-bond acceptors (Lipinski definition) is 7. The number of rotatable bonds is 5. The first-order valence-electron chi connectivity index (χ1n) is 9.26. The summed E-state index contributed by atoms with van der Waals surface area (Å²) in [5.74, 6) is 0.338. The summed E-state index contributed by atoms with van der Waals surface area (Å²) in [6, 6.07) is 5.67. The molecule has 146 valence electrons. The van der Waals surface area contributed by atoms with E-state index in [-0.39, 0.29) is 5.91 Å². The van der Waals surface area contributed by atoms with E-state index in [0.29, 0.717) is 11.6 Å². The van der Waals surface area contributed by atoms with Crippen molar-refractivity contribution in [1.82, 2.24) is 19.8 Å². The molecule has 1 aliphatic rings. The fraction of sp³-hybridized carbons (Fsp3) is 0.350. The van der Waals surface area contributed by atoms with Crippen molar-refractivity contribution in [3.05, 3.63) is 52.3 Å². The average molecular weight is 398 g/mol. The maximum atomic E-state index is 12.7. The van der Waals surface area contributed by atoms with Crippen molar-refractivity contribution in [2.75, 3.05) is 38.5 Å². The van der Waals surface area contributed by atoms with Crippen LogP contribution in [0.15, 0.2) is 40.5 Å². The average Bonchev–Trinajstić information content (AvgIpc) is 3.37. The van der Waals surface area contributed by atoms with Gasteiger partial charge in [0, 0.05) is 42.8 Å². The molecule has 1 aromatic carbocycles.